The molecule has 0 saturated carbocycles. The van der Waals surface area contributed by atoms with Gasteiger partial charge in [-0.05, 0) is 100 Å². The Labute approximate surface area is 480 Å². The smallest absolute Gasteiger partial charge is 0.327 e. The Morgan fingerprint density at radius 3 is 1.61 bits per heavy atom. The van der Waals surface area contributed by atoms with E-state index in [0.29, 0.717) is 35.1 Å². The standard InChI is InChI=1S/C57H68IN9O10S2/c1-33(39-23-22-38-17-9-10-18-40(38)30-39)48-55(74)61-43(19-11-12-26-59)51(70)67-49(34(2)68)56(75)64-45(28-36-15-7-4-8-16-36)53(72)65-47(57(76)77)32-79-78-31-42(60)50(69)62-44(27-35-13-5-3-6-14-35)52(71)63-46(54(73)66-48)29-37-20-24-41(58)25-21-37/h3-10,13-18,20-25,30,33-34,42-49,68H,11-12,19,26-29,31-32,59-60H2,1-2H3,(H,61,74)(H,62,69)(H,63,71)(H,64,75)(H,65,72)(H,66,73)(H,67,70)(H,76,77)/t33-,34-,42-,43+,44-,45+,46+,47+,48+,49-/m1/s1. The number of carbonyl (C=O) groups is 8. The number of aliphatic hydroxyl groups excluding tert-OH is 1. The lowest BCUT2D eigenvalue weighted by atomic mass is 9.90. The number of hydrogen-bond acceptors (Lipinski definition) is 13. The molecule has 7 amide bonds. The van der Waals surface area contributed by atoms with E-state index < -0.39 is 108 Å². The van der Waals surface area contributed by atoms with Crippen LogP contribution in [0.5, 0.6) is 0 Å². The molecule has 22 heteroatoms. The molecule has 19 nitrogen and oxygen atoms in total. The van der Waals surface area contributed by atoms with E-state index in [1.165, 1.54) is 6.92 Å². The molecule has 0 aliphatic carbocycles. The fourth-order valence-electron chi connectivity index (χ4n) is 8.79. The van der Waals surface area contributed by atoms with Crippen molar-refractivity contribution in [3.8, 4) is 0 Å². The Balaban J connectivity index is 1.42. The fraction of sp³-hybridized carbons (Fsp3) is 0.368. The van der Waals surface area contributed by atoms with Crippen LogP contribution in [0.15, 0.2) is 127 Å². The predicted octanol–water partition coefficient (Wildman–Crippen LogP) is 2.99. The van der Waals surface area contributed by atoms with Crippen molar-refractivity contribution in [1.29, 1.82) is 0 Å². The molecule has 0 radical (unpaired) electrons. The third-order valence-electron chi connectivity index (χ3n) is 13.4. The maximum Gasteiger partial charge on any atom is 0.327 e. The zero-order valence-electron chi connectivity index (χ0n) is 43.8. The number of amides is 7. The van der Waals surface area contributed by atoms with Gasteiger partial charge in [0.15, 0.2) is 0 Å². The number of fused-ring (bicyclic) bond motifs is 1. The Bertz CT molecular complexity index is 2890. The molecule has 5 aromatic carbocycles. The molecule has 6 rings (SSSR count). The lowest BCUT2D eigenvalue weighted by Gasteiger charge is -2.31. The molecule has 1 aliphatic heterocycles. The molecule has 13 N–H and O–H groups in total. The Morgan fingerprint density at radius 1 is 0.557 bits per heavy atom. The average molecular weight is 1230 g/mol. The number of aliphatic carboxylic acids is 1. The van der Waals surface area contributed by atoms with Crippen LogP contribution in [0, 0.1) is 3.57 Å². The summed E-state index contributed by atoms with van der Waals surface area (Å²) in [5.74, 6) is -8.20. The molecule has 1 aliphatic rings. The molecule has 0 spiro atoms. The Morgan fingerprint density at radius 2 is 1.03 bits per heavy atom. The number of halogens is 1. The van der Waals surface area contributed by atoms with Crippen molar-refractivity contribution < 1.29 is 48.6 Å². The first-order valence-electron chi connectivity index (χ1n) is 25.9. The number of unbranched alkanes of at least 4 members (excludes halogenated alkanes) is 1. The van der Waals surface area contributed by atoms with Crippen LogP contribution in [0.2, 0.25) is 0 Å². The third-order valence-corrected chi connectivity index (χ3v) is 16.5. The molecule has 1 fully saturated rings. The molecule has 1 heterocycles. The van der Waals surface area contributed by atoms with Crippen molar-refractivity contribution >= 4 is 102 Å². The van der Waals surface area contributed by atoms with Crippen molar-refractivity contribution in [2.24, 2.45) is 11.5 Å². The number of hydrogen-bond donors (Lipinski definition) is 11. The van der Waals surface area contributed by atoms with Gasteiger partial charge >= 0.3 is 5.97 Å². The van der Waals surface area contributed by atoms with E-state index in [2.05, 4.69) is 59.8 Å². The number of carboxylic acids is 1. The van der Waals surface area contributed by atoms with E-state index in [-0.39, 0.29) is 43.7 Å². The summed E-state index contributed by atoms with van der Waals surface area (Å²) in [6.45, 7) is 3.25. The zero-order chi connectivity index (χ0) is 57.0. The summed E-state index contributed by atoms with van der Waals surface area (Å²) >= 11 is 2.15. The van der Waals surface area contributed by atoms with Gasteiger partial charge in [0.2, 0.25) is 41.4 Å². The molecule has 5 aromatic rings. The predicted molar refractivity (Wildman–Crippen MR) is 314 cm³/mol. The summed E-state index contributed by atoms with van der Waals surface area (Å²) < 4.78 is 0.917. The molecule has 10 atom stereocenters. The number of benzene rings is 5. The van der Waals surface area contributed by atoms with Crippen molar-refractivity contribution in [2.45, 2.75) is 113 Å². The minimum absolute atomic E-state index is 0.00350. The highest BCUT2D eigenvalue weighted by molar-refractivity contribution is 14.1. The number of aliphatic hydroxyl groups is 1. The van der Waals surface area contributed by atoms with Gasteiger partial charge in [-0.15, -0.1) is 0 Å². The van der Waals surface area contributed by atoms with Crippen molar-refractivity contribution in [1.82, 2.24) is 37.2 Å². The van der Waals surface area contributed by atoms with E-state index >= 15 is 9.59 Å². The number of rotatable bonds is 14. The van der Waals surface area contributed by atoms with Crippen LogP contribution >= 0.6 is 44.2 Å². The molecule has 79 heavy (non-hydrogen) atoms. The number of nitrogens with two attached hydrogens (primary N) is 2. The summed E-state index contributed by atoms with van der Waals surface area (Å²) in [5.41, 5.74) is 14.8. The lowest BCUT2D eigenvalue weighted by Crippen LogP contribution is -2.62. The van der Waals surface area contributed by atoms with Gasteiger partial charge in [-0.2, -0.15) is 0 Å². The van der Waals surface area contributed by atoms with Gasteiger partial charge in [-0.1, -0.05) is 144 Å². The molecule has 1 saturated heterocycles. The van der Waals surface area contributed by atoms with Crippen molar-refractivity contribution in [3.05, 3.63) is 153 Å². The second-order valence-electron chi connectivity index (χ2n) is 19.4. The van der Waals surface area contributed by atoms with Crippen molar-refractivity contribution in [2.75, 3.05) is 18.1 Å². The minimum Gasteiger partial charge on any atom is -0.480 e. The monoisotopic (exact) mass is 1230 g/mol. The van der Waals surface area contributed by atoms with E-state index in [9.17, 15) is 39.0 Å². The summed E-state index contributed by atoms with van der Waals surface area (Å²) in [6.07, 6.45) is -0.967. The first kappa shape index (κ1) is 61.6. The second-order valence-corrected chi connectivity index (χ2v) is 23.2. The highest BCUT2D eigenvalue weighted by Crippen LogP contribution is 2.26. The number of nitrogens with one attached hydrogen (secondary N) is 7. The van der Waals surface area contributed by atoms with Crippen LogP contribution in [0.3, 0.4) is 0 Å². The maximum atomic E-state index is 15.1. The van der Waals surface area contributed by atoms with Gasteiger partial charge in [0.25, 0.3) is 0 Å². The Kier molecular flexibility index (Phi) is 24.0. The van der Waals surface area contributed by atoms with Gasteiger partial charge in [-0.3, -0.25) is 33.6 Å². The highest BCUT2D eigenvalue weighted by Gasteiger charge is 2.38. The van der Waals surface area contributed by atoms with Gasteiger partial charge in [0.1, 0.15) is 42.3 Å². The summed E-state index contributed by atoms with van der Waals surface area (Å²) in [7, 11) is 2.08. The van der Waals surface area contributed by atoms with Crippen LogP contribution < -0.4 is 48.7 Å². The summed E-state index contributed by atoms with van der Waals surface area (Å²) in [5, 5.41) is 42.1. The SMILES string of the molecule is C[C@H](c1ccc2ccccc2c1)[C@@H]1NC(=O)[C@H](Cc2ccc(I)cc2)NC(=O)[C@@H](Cc2ccccc2)NC(=O)[C@H](N)CSSC[C@@H](C(=O)O)NC(=O)[C@H](Cc2ccccc2)NC(=O)[C@@H]([C@@H](C)O)NC(=O)[C@H](CCCCN)NC1=O. The Hall–Kier alpha value is -6.57. The van der Waals surface area contributed by atoms with Crippen LogP contribution in [-0.4, -0.2) is 130 Å². The van der Waals surface area contributed by atoms with Gasteiger partial charge < -0.3 is 58.9 Å². The molecular weight excluding hydrogens is 1160 g/mol. The largest absolute Gasteiger partial charge is 0.480 e. The molecule has 0 aromatic heterocycles. The van der Waals surface area contributed by atoms with Crippen LogP contribution in [0.1, 0.15) is 61.3 Å². The van der Waals surface area contributed by atoms with Crippen LogP contribution in [0.4, 0.5) is 0 Å². The molecule has 0 bridgehead atoms. The fourth-order valence-corrected chi connectivity index (χ4v) is 11.4. The van der Waals surface area contributed by atoms with Crippen molar-refractivity contribution in [3.63, 3.8) is 0 Å². The highest BCUT2D eigenvalue weighted by atomic mass is 127. The summed E-state index contributed by atoms with van der Waals surface area (Å²) in [6, 6.07) is 26.8. The van der Waals surface area contributed by atoms with Gasteiger partial charge in [-0.25, -0.2) is 4.79 Å². The average Bonchev–Trinajstić information content (AvgIpc) is 3.44. The quantitative estimate of drug-likeness (QED) is 0.0433. The first-order chi connectivity index (χ1) is 37.9. The minimum atomic E-state index is -1.70. The molecular formula is C57H68IN9O10S2. The first-order valence-corrected chi connectivity index (χ1v) is 29.5. The van der Waals surface area contributed by atoms with E-state index in [1.807, 2.05) is 54.6 Å². The molecule has 0 unspecified atom stereocenters. The second kappa shape index (κ2) is 30.7. The van der Waals surface area contributed by atoms with Gasteiger partial charge in [0, 0.05) is 40.3 Å². The van der Waals surface area contributed by atoms with Crippen LogP contribution in [0.25, 0.3) is 10.8 Å². The topological polar surface area (TPSA) is 313 Å². The van der Waals surface area contributed by atoms with Crippen LogP contribution in [-0.2, 0) is 57.6 Å². The normalized spacial score (nSPS) is 23.6. The zero-order valence-corrected chi connectivity index (χ0v) is 47.6. The van der Waals surface area contributed by atoms with E-state index in [0.717, 1.165) is 35.9 Å². The third kappa shape index (κ3) is 18.8. The van der Waals surface area contributed by atoms with Gasteiger partial charge in [0.05, 0.1) is 12.1 Å². The maximum absolute atomic E-state index is 15.1. The van der Waals surface area contributed by atoms with E-state index in [1.54, 1.807) is 79.7 Å². The van der Waals surface area contributed by atoms with E-state index in [4.69, 9.17) is 11.5 Å². The molecule has 420 valence electrons. The lowest BCUT2D eigenvalue weighted by molar-refractivity contribution is -0.141. The number of carbonyl (C=O) groups excluding carboxylic acids is 7. The number of carboxylic acid groups (broad SMARTS) is 1. The summed E-state index contributed by atoms with van der Waals surface area (Å²) in [4.78, 5) is 114.